The van der Waals surface area contributed by atoms with Gasteiger partial charge in [-0.2, -0.15) is 0 Å². The zero-order chi connectivity index (χ0) is 16.9. The monoisotopic (exact) mass is 313 g/mol. The number of hydrogen-bond donors (Lipinski definition) is 2. The number of alkyl carbamates (subject to hydrolysis) is 1. The van der Waals surface area contributed by atoms with E-state index in [1.54, 1.807) is 34.6 Å². The lowest BCUT2D eigenvalue weighted by molar-refractivity contribution is 0.0503. The fraction of sp³-hybridized carbons (Fsp3) is 0.600. The van der Waals surface area contributed by atoms with Gasteiger partial charge < -0.3 is 20.5 Å². The molecule has 1 amide bonds. The van der Waals surface area contributed by atoms with Crippen molar-refractivity contribution in [1.82, 2.24) is 10.3 Å². The molecule has 6 nitrogen and oxygen atoms in total. The molecular formula is C15H24FN3O3. The number of nitrogens with one attached hydrogen (secondary N) is 1. The lowest BCUT2D eigenvalue weighted by Gasteiger charge is -2.21. The molecule has 0 saturated carbocycles. The standard InChI is InChI=1S/C15H24FN3O3/c1-9(7-19-14(20)22-15(3,4)5)21-13-12(10(2)17)6-11(16)8-18-13/h6,8-10H,7,17H2,1-5H3,(H,19,20)/t9-,10+/m0/s1. The Kier molecular flexibility index (Phi) is 6.11. The summed E-state index contributed by atoms with van der Waals surface area (Å²) < 4.78 is 23.9. The Balaban J connectivity index is 2.59. The molecule has 3 N–H and O–H groups in total. The molecule has 22 heavy (non-hydrogen) atoms. The summed E-state index contributed by atoms with van der Waals surface area (Å²) in [4.78, 5) is 15.5. The number of amides is 1. The number of halogens is 1. The first-order valence-corrected chi connectivity index (χ1v) is 7.13. The Hall–Kier alpha value is -1.89. The zero-order valence-electron chi connectivity index (χ0n) is 13.6. The molecule has 0 unspecified atom stereocenters. The van der Waals surface area contributed by atoms with Gasteiger partial charge in [0.25, 0.3) is 0 Å². The summed E-state index contributed by atoms with van der Waals surface area (Å²) in [6.07, 6.45) is 0.167. The van der Waals surface area contributed by atoms with Gasteiger partial charge in [0.05, 0.1) is 12.7 Å². The number of rotatable bonds is 5. The molecule has 0 spiro atoms. The highest BCUT2D eigenvalue weighted by Gasteiger charge is 2.18. The molecule has 0 radical (unpaired) electrons. The average molecular weight is 313 g/mol. The lowest BCUT2D eigenvalue weighted by Crippen LogP contribution is -2.37. The first-order valence-electron chi connectivity index (χ1n) is 7.13. The van der Waals surface area contributed by atoms with Crippen LogP contribution in [0.3, 0.4) is 0 Å². The number of aromatic nitrogens is 1. The second-order valence-corrected chi connectivity index (χ2v) is 6.15. The van der Waals surface area contributed by atoms with Crippen LogP contribution >= 0.6 is 0 Å². The van der Waals surface area contributed by atoms with E-state index in [1.165, 1.54) is 6.07 Å². The van der Waals surface area contributed by atoms with Crippen LogP contribution in [0.25, 0.3) is 0 Å². The van der Waals surface area contributed by atoms with Gasteiger partial charge in [0.1, 0.15) is 17.5 Å². The van der Waals surface area contributed by atoms with E-state index >= 15 is 0 Å². The van der Waals surface area contributed by atoms with Crippen molar-refractivity contribution in [3.05, 3.63) is 23.6 Å². The maximum Gasteiger partial charge on any atom is 0.407 e. The number of hydrogen-bond acceptors (Lipinski definition) is 5. The predicted molar refractivity (Wildman–Crippen MR) is 81.1 cm³/mol. The van der Waals surface area contributed by atoms with Crippen molar-refractivity contribution in [1.29, 1.82) is 0 Å². The van der Waals surface area contributed by atoms with Crippen LogP contribution in [-0.2, 0) is 4.74 Å². The third-order valence-corrected chi connectivity index (χ3v) is 2.58. The van der Waals surface area contributed by atoms with Crippen LogP contribution in [-0.4, -0.2) is 29.3 Å². The van der Waals surface area contributed by atoms with Gasteiger partial charge in [-0.25, -0.2) is 14.2 Å². The van der Waals surface area contributed by atoms with Gasteiger partial charge in [-0.3, -0.25) is 0 Å². The van der Waals surface area contributed by atoms with Crippen molar-refractivity contribution in [2.24, 2.45) is 5.73 Å². The summed E-state index contributed by atoms with van der Waals surface area (Å²) in [6, 6.07) is 0.880. The molecule has 0 aliphatic rings. The highest BCUT2D eigenvalue weighted by molar-refractivity contribution is 5.67. The van der Waals surface area contributed by atoms with E-state index < -0.39 is 23.6 Å². The summed E-state index contributed by atoms with van der Waals surface area (Å²) in [5.41, 5.74) is 5.69. The Morgan fingerprint density at radius 3 is 2.64 bits per heavy atom. The molecule has 7 heteroatoms. The Labute approximate surface area is 130 Å². The second-order valence-electron chi connectivity index (χ2n) is 6.15. The van der Waals surface area contributed by atoms with E-state index in [0.29, 0.717) is 5.56 Å². The molecule has 0 bridgehead atoms. The van der Waals surface area contributed by atoms with Crippen LogP contribution in [0.2, 0.25) is 0 Å². The molecule has 0 aliphatic heterocycles. The molecule has 0 fully saturated rings. The van der Waals surface area contributed by atoms with Crippen LogP contribution in [0.4, 0.5) is 9.18 Å². The third kappa shape index (κ3) is 6.26. The number of nitrogens with zero attached hydrogens (tertiary/aromatic N) is 1. The molecule has 0 aromatic carbocycles. The minimum Gasteiger partial charge on any atom is -0.473 e. The van der Waals surface area contributed by atoms with Gasteiger partial charge in [-0.05, 0) is 40.7 Å². The van der Waals surface area contributed by atoms with Crippen molar-refractivity contribution in [3.8, 4) is 5.88 Å². The first kappa shape index (κ1) is 18.2. The number of pyridine rings is 1. The number of carbonyl (C=O) groups excluding carboxylic acids is 1. The summed E-state index contributed by atoms with van der Waals surface area (Å²) >= 11 is 0. The summed E-state index contributed by atoms with van der Waals surface area (Å²) in [5, 5.41) is 2.60. The number of ether oxygens (including phenoxy) is 2. The van der Waals surface area contributed by atoms with Crippen LogP contribution < -0.4 is 15.8 Å². The van der Waals surface area contributed by atoms with E-state index in [9.17, 15) is 9.18 Å². The van der Waals surface area contributed by atoms with Crippen LogP contribution in [0.15, 0.2) is 12.3 Å². The van der Waals surface area contributed by atoms with E-state index in [0.717, 1.165) is 6.20 Å². The van der Waals surface area contributed by atoms with E-state index in [1.807, 2.05) is 0 Å². The van der Waals surface area contributed by atoms with Gasteiger partial charge in [0.15, 0.2) is 0 Å². The third-order valence-electron chi connectivity index (χ3n) is 2.58. The largest absolute Gasteiger partial charge is 0.473 e. The maximum absolute atomic E-state index is 13.2. The van der Waals surface area contributed by atoms with Crippen LogP contribution in [0, 0.1) is 5.82 Å². The molecular weight excluding hydrogens is 289 g/mol. The Bertz CT molecular complexity index is 515. The summed E-state index contributed by atoms with van der Waals surface area (Å²) in [6.45, 7) is 9.05. The second kappa shape index (κ2) is 7.40. The topological polar surface area (TPSA) is 86.5 Å². The molecule has 1 rings (SSSR count). The Morgan fingerprint density at radius 1 is 1.45 bits per heavy atom. The normalized spacial score (nSPS) is 14.1. The van der Waals surface area contributed by atoms with Crippen molar-refractivity contribution in [2.75, 3.05) is 6.54 Å². The SMILES string of the molecule is C[C@@H](CNC(=O)OC(C)(C)C)Oc1ncc(F)cc1[C@@H](C)N. The van der Waals surface area contributed by atoms with E-state index in [-0.39, 0.29) is 18.5 Å². The summed E-state index contributed by atoms with van der Waals surface area (Å²) in [7, 11) is 0. The summed E-state index contributed by atoms with van der Waals surface area (Å²) in [5.74, 6) is -0.214. The number of carbonyl (C=O) groups is 1. The van der Waals surface area contributed by atoms with Crippen molar-refractivity contribution >= 4 is 6.09 Å². The van der Waals surface area contributed by atoms with Gasteiger partial charge in [0.2, 0.25) is 5.88 Å². The molecule has 2 atom stereocenters. The van der Waals surface area contributed by atoms with E-state index in [2.05, 4.69) is 10.3 Å². The molecule has 0 aliphatic carbocycles. The van der Waals surface area contributed by atoms with Gasteiger partial charge in [-0.1, -0.05) is 0 Å². The quantitative estimate of drug-likeness (QED) is 0.872. The van der Waals surface area contributed by atoms with Crippen LogP contribution in [0.1, 0.15) is 46.2 Å². The lowest BCUT2D eigenvalue weighted by atomic mass is 10.1. The smallest absolute Gasteiger partial charge is 0.407 e. The Morgan fingerprint density at radius 2 is 2.09 bits per heavy atom. The molecule has 1 aromatic rings. The van der Waals surface area contributed by atoms with Gasteiger partial charge >= 0.3 is 6.09 Å². The zero-order valence-corrected chi connectivity index (χ0v) is 13.6. The highest BCUT2D eigenvalue weighted by atomic mass is 19.1. The molecule has 0 saturated heterocycles. The van der Waals surface area contributed by atoms with Crippen molar-refractivity contribution in [3.63, 3.8) is 0 Å². The van der Waals surface area contributed by atoms with Crippen LogP contribution in [0.5, 0.6) is 5.88 Å². The first-order chi connectivity index (χ1) is 10.1. The fourth-order valence-electron chi connectivity index (χ4n) is 1.64. The molecule has 1 aromatic heterocycles. The highest BCUT2D eigenvalue weighted by Crippen LogP contribution is 2.22. The van der Waals surface area contributed by atoms with Crippen molar-refractivity contribution in [2.45, 2.75) is 52.4 Å². The molecule has 1 heterocycles. The van der Waals surface area contributed by atoms with E-state index in [4.69, 9.17) is 15.2 Å². The van der Waals surface area contributed by atoms with Crippen molar-refractivity contribution < 1.29 is 18.7 Å². The average Bonchev–Trinajstić information content (AvgIpc) is 2.36. The van der Waals surface area contributed by atoms with Gasteiger partial charge in [-0.15, -0.1) is 0 Å². The molecule has 124 valence electrons. The van der Waals surface area contributed by atoms with Gasteiger partial charge in [0, 0.05) is 11.6 Å². The fourth-order valence-corrected chi connectivity index (χ4v) is 1.64. The minimum atomic E-state index is -0.561. The minimum absolute atomic E-state index is 0.229. The maximum atomic E-state index is 13.2. The predicted octanol–water partition coefficient (Wildman–Crippen LogP) is 2.53. The number of nitrogens with two attached hydrogens (primary N) is 1.